The number of rotatable bonds is 10. The van der Waals surface area contributed by atoms with E-state index in [4.69, 9.17) is 32.1 Å². The van der Waals surface area contributed by atoms with Crippen molar-refractivity contribution in [3.05, 3.63) is 29.8 Å². The molecule has 2 saturated heterocycles. The maximum atomic E-state index is 11.7. The van der Waals surface area contributed by atoms with E-state index in [2.05, 4.69) is 0 Å². The van der Waals surface area contributed by atoms with Crippen LogP contribution in [0.1, 0.15) is 19.4 Å². The van der Waals surface area contributed by atoms with Gasteiger partial charge in [0.25, 0.3) is 20.2 Å². The van der Waals surface area contributed by atoms with Crippen LogP contribution in [-0.4, -0.2) is 79.6 Å². The van der Waals surface area contributed by atoms with Crippen molar-refractivity contribution in [2.24, 2.45) is 0 Å². The third-order valence-electron chi connectivity index (χ3n) is 4.88. The second kappa shape index (κ2) is 9.14. The Bertz CT molecular complexity index is 966. The van der Waals surface area contributed by atoms with Gasteiger partial charge in [0.15, 0.2) is 12.1 Å². The summed E-state index contributed by atoms with van der Waals surface area (Å²) in [6.07, 6.45) is -0.958. The summed E-state index contributed by atoms with van der Waals surface area (Å²) in [7, 11) is -6.21. The Morgan fingerprint density at radius 3 is 1.97 bits per heavy atom. The van der Waals surface area contributed by atoms with E-state index in [9.17, 15) is 16.8 Å². The molecule has 0 aliphatic carbocycles. The van der Waals surface area contributed by atoms with Gasteiger partial charge in [-0.25, -0.2) is 0 Å². The highest BCUT2D eigenvalue weighted by Gasteiger charge is 2.63. The van der Waals surface area contributed by atoms with Crippen LogP contribution in [0.3, 0.4) is 0 Å². The molecular formula is C19H28O11S2. The predicted molar refractivity (Wildman–Crippen MR) is 111 cm³/mol. The fourth-order valence-electron chi connectivity index (χ4n) is 3.49. The minimum Gasteiger partial charge on any atom is -0.497 e. The summed E-state index contributed by atoms with van der Waals surface area (Å²) in [6.45, 7) is 2.35. The van der Waals surface area contributed by atoms with Crippen LogP contribution in [0.25, 0.3) is 0 Å². The molecule has 1 unspecified atom stereocenters. The second-order valence-corrected chi connectivity index (χ2v) is 11.5. The first kappa shape index (κ1) is 25.3. The standard InChI is InChI=1S/C19H28O11S2/c1-18(2)28-15-16(25-10-13-6-8-14(24-3)9-7-13)19(30-17(15)29-18,11-26-31(4,20)21)12-27-32(5,22)23/h6-9,15-17H,10-12H2,1-5H3/t15-,16?,17-/m0/s1. The lowest BCUT2D eigenvalue weighted by Gasteiger charge is -2.35. The molecule has 2 aliphatic rings. The Kier molecular flexibility index (Phi) is 7.23. The predicted octanol–water partition coefficient (Wildman–Crippen LogP) is 0.779. The number of hydrogen-bond donors (Lipinski definition) is 0. The molecule has 2 aliphatic heterocycles. The molecule has 0 amide bonds. The van der Waals surface area contributed by atoms with E-state index in [1.54, 1.807) is 45.2 Å². The molecule has 0 saturated carbocycles. The molecule has 0 N–H and O–H groups in total. The smallest absolute Gasteiger partial charge is 0.264 e. The zero-order chi connectivity index (χ0) is 23.8. The maximum absolute atomic E-state index is 11.7. The van der Waals surface area contributed by atoms with Crippen LogP contribution >= 0.6 is 0 Å². The normalized spacial score (nSPS) is 26.7. The lowest BCUT2D eigenvalue weighted by Crippen LogP contribution is -2.53. The SMILES string of the molecule is COc1ccc(COC2[C@@H]3OC(C)(C)O[C@H]3OC2(COS(C)(=O)=O)COS(C)(=O)=O)cc1. The highest BCUT2D eigenvalue weighted by molar-refractivity contribution is 7.86. The monoisotopic (exact) mass is 496 g/mol. The van der Waals surface area contributed by atoms with Crippen molar-refractivity contribution in [3.8, 4) is 5.75 Å². The average Bonchev–Trinajstić information content (AvgIpc) is 3.11. The van der Waals surface area contributed by atoms with Gasteiger partial charge in [-0.1, -0.05) is 12.1 Å². The molecule has 0 bridgehead atoms. The fraction of sp³-hybridized carbons (Fsp3) is 0.684. The van der Waals surface area contributed by atoms with Gasteiger partial charge in [-0.05, 0) is 31.5 Å². The van der Waals surface area contributed by atoms with E-state index in [0.29, 0.717) is 5.75 Å². The molecule has 11 nitrogen and oxygen atoms in total. The van der Waals surface area contributed by atoms with Crippen molar-refractivity contribution in [2.75, 3.05) is 32.8 Å². The van der Waals surface area contributed by atoms with Crippen LogP contribution in [0.15, 0.2) is 24.3 Å². The molecule has 13 heteroatoms. The summed E-state index contributed by atoms with van der Waals surface area (Å²) in [4.78, 5) is 0. The number of methoxy groups -OCH3 is 1. The molecule has 1 aromatic carbocycles. The molecule has 0 radical (unpaired) electrons. The summed E-state index contributed by atoms with van der Waals surface area (Å²) in [6, 6.07) is 7.11. The van der Waals surface area contributed by atoms with Crippen LogP contribution in [0.5, 0.6) is 5.75 Å². The average molecular weight is 497 g/mol. The third kappa shape index (κ3) is 6.38. The summed E-state index contributed by atoms with van der Waals surface area (Å²) in [5.74, 6) is -0.316. The molecule has 1 aromatic rings. The van der Waals surface area contributed by atoms with E-state index < -0.39 is 63.3 Å². The zero-order valence-electron chi connectivity index (χ0n) is 18.5. The Labute approximate surface area is 188 Å². The summed E-state index contributed by atoms with van der Waals surface area (Å²) >= 11 is 0. The van der Waals surface area contributed by atoms with Crippen LogP contribution < -0.4 is 4.74 Å². The Hall–Kier alpha value is -1.32. The van der Waals surface area contributed by atoms with E-state index in [-0.39, 0.29) is 6.61 Å². The Balaban J connectivity index is 1.89. The maximum Gasteiger partial charge on any atom is 0.264 e. The summed E-state index contributed by atoms with van der Waals surface area (Å²) < 4.78 is 85.5. The van der Waals surface area contributed by atoms with Gasteiger partial charge in [0.1, 0.15) is 36.8 Å². The zero-order valence-corrected chi connectivity index (χ0v) is 20.1. The first-order chi connectivity index (χ1) is 14.7. The Morgan fingerprint density at radius 2 is 1.47 bits per heavy atom. The molecule has 0 spiro atoms. The molecule has 2 heterocycles. The first-order valence-electron chi connectivity index (χ1n) is 9.69. The van der Waals surface area contributed by atoms with Crippen LogP contribution in [0.4, 0.5) is 0 Å². The van der Waals surface area contributed by atoms with E-state index in [1.807, 2.05) is 0 Å². The number of ether oxygens (including phenoxy) is 5. The van der Waals surface area contributed by atoms with Crippen LogP contribution in [0, 0.1) is 0 Å². The van der Waals surface area contributed by atoms with Gasteiger partial charge in [0.05, 0.1) is 26.2 Å². The first-order valence-corrected chi connectivity index (χ1v) is 13.3. The molecule has 3 rings (SSSR count). The van der Waals surface area contributed by atoms with E-state index in [1.165, 1.54) is 0 Å². The van der Waals surface area contributed by atoms with Crippen molar-refractivity contribution in [2.45, 2.75) is 50.3 Å². The minimum absolute atomic E-state index is 0.0878. The van der Waals surface area contributed by atoms with Gasteiger partial charge in [-0.15, -0.1) is 0 Å². The van der Waals surface area contributed by atoms with Gasteiger partial charge in [0.2, 0.25) is 0 Å². The van der Waals surface area contributed by atoms with Gasteiger partial charge in [-0.3, -0.25) is 8.37 Å². The van der Waals surface area contributed by atoms with Gasteiger partial charge >= 0.3 is 0 Å². The lowest BCUT2D eigenvalue weighted by atomic mass is 9.97. The quantitative estimate of drug-likeness (QED) is 0.426. The van der Waals surface area contributed by atoms with E-state index >= 15 is 0 Å². The summed E-state index contributed by atoms with van der Waals surface area (Å²) in [5.41, 5.74) is -0.848. The molecular weight excluding hydrogens is 468 g/mol. The molecule has 2 fully saturated rings. The van der Waals surface area contributed by atoms with Crippen LogP contribution in [0.2, 0.25) is 0 Å². The third-order valence-corrected chi connectivity index (χ3v) is 5.97. The number of hydrogen-bond acceptors (Lipinski definition) is 11. The van der Waals surface area contributed by atoms with Crippen molar-refractivity contribution in [1.29, 1.82) is 0 Å². The number of benzene rings is 1. The van der Waals surface area contributed by atoms with Crippen LogP contribution in [-0.2, 0) is 54.2 Å². The van der Waals surface area contributed by atoms with Gasteiger partial charge < -0.3 is 23.7 Å². The number of fused-ring (bicyclic) bond motifs is 1. The van der Waals surface area contributed by atoms with Crippen molar-refractivity contribution in [1.82, 2.24) is 0 Å². The fourth-order valence-corrected chi connectivity index (χ4v) is 4.32. The van der Waals surface area contributed by atoms with Crippen molar-refractivity contribution in [3.63, 3.8) is 0 Å². The van der Waals surface area contributed by atoms with Gasteiger partial charge in [0, 0.05) is 0 Å². The molecule has 0 aromatic heterocycles. The van der Waals surface area contributed by atoms with Gasteiger partial charge in [-0.2, -0.15) is 16.8 Å². The summed E-state index contributed by atoms with van der Waals surface area (Å²) in [5, 5.41) is 0. The topological polar surface area (TPSA) is 133 Å². The largest absolute Gasteiger partial charge is 0.497 e. The minimum atomic E-state index is -3.88. The second-order valence-electron chi connectivity index (χ2n) is 8.16. The van der Waals surface area contributed by atoms with E-state index in [0.717, 1.165) is 18.1 Å². The molecule has 3 atom stereocenters. The van der Waals surface area contributed by atoms with Crippen molar-refractivity contribution >= 4 is 20.2 Å². The highest BCUT2D eigenvalue weighted by Crippen LogP contribution is 2.44. The Morgan fingerprint density at radius 1 is 0.906 bits per heavy atom. The highest BCUT2D eigenvalue weighted by atomic mass is 32.2. The molecule has 32 heavy (non-hydrogen) atoms. The van der Waals surface area contributed by atoms with Crippen molar-refractivity contribution < 1.29 is 48.9 Å². The lowest BCUT2D eigenvalue weighted by molar-refractivity contribution is -0.254. The molecule has 182 valence electrons.